The highest BCUT2D eigenvalue weighted by Crippen LogP contribution is 2.40. The number of para-hydroxylation sites is 1. The van der Waals surface area contributed by atoms with Crippen molar-refractivity contribution in [3.63, 3.8) is 0 Å². The van der Waals surface area contributed by atoms with Crippen molar-refractivity contribution in [2.75, 3.05) is 0 Å². The van der Waals surface area contributed by atoms with Gasteiger partial charge in [0.1, 0.15) is 0 Å². The van der Waals surface area contributed by atoms with Gasteiger partial charge in [0.2, 0.25) is 0 Å². The Kier molecular flexibility index (Phi) is 3.73. The number of fused-ring (bicyclic) bond motifs is 3. The van der Waals surface area contributed by atoms with Crippen LogP contribution in [0.1, 0.15) is 18.1 Å². The topological polar surface area (TPSA) is 14.3 Å². The number of benzene rings is 3. The van der Waals surface area contributed by atoms with E-state index >= 15 is 0 Å². The molecule has 0 radical (unpaired) electrons. The first-order valence-corrected chi connectivity index (χ1v) is 9.47. The highest BCUT2D eigenvalue weighted by Gasteiger charge is 2.25. The van der Waals surface area contributed by atoms with E-state index in [-0.39, 0.29) is 0 Å². The van der Waals surface area contributed by atoms with E-state index in [1.165, 1.54) is 11.1 Å². The summed E-state index contributed by atoms with van der Waals surface area (Å²) >= 11 is 0. The summed E-state index contributed by atoms with van der Waals surface area (Å²) in [6.07, 6.45) is 6.24. The summed E-state index contributed by atoms with van der Waals surface area (Å²) in [4.78, 5) is 0. The van der Waals surface area contributed by atoms with Crippen LogP contribution in [0.25, 0.3) is 33.1 Å². The van der Waals surface area contributed by atoms with Gasteiger partial charge in [0, 0.05) is 12.1 Å². The Balaban J connectivity index is 1.83. The predicted octanol–water partition coefficient (Wildman–Crippen LogP) is 6.63. The zero-order valence-corrected chi connectivity index (χ0v) is 16.1. The number of nitrogens with zero attached hydrogens (tertiary/aromatic N) is 1. The second-order valence-electron chi connectivity index (χ2n) is 7.34. The Bertz CT molecular complexity index is 1290. The van der Waals surface area contributed by atoms with E-state index in [0.29, 0.717) is 0 Å². The van der Waals surface area contributed by atoms with E-state index < -0.39 is 0 Å². The van der Waals surface area contributed by atoms with Gasteiger partial charge in [-0.25, -0.2) is 0 Å². The smallest absolute Gasteiger partial charge is 0.336 e. The molecule has 0 unspecified atom stereocenters. The maximum absolute atomic E-state index is 6.56. The molecule has 0 bridgehead atoms. The number of allylic oxidation sites excluding steroid dienone is 2. The fourth-order valence-corrected chi connectivity index (χ4v) is 3.97. The van der Waals surface area contributed by atoms with E-state index in [1.54, 1.807) is 0 Å². The molecule has 1 aliphatic heterocycles. The van der Waals surface area contributed by atoms with Crippen LogP contribution in [0, 0.1) is 13.0 Å². The van der Waals surface area contributed by atoms with Gasteiger partial charge in [-0.05, 0) is 23.3 Å². The Hall–Kier alpha value is -3.52. The van der Waals surface area contributed by atoms with E-state index in [2.05, 4.69) is 87.3 Å². The van der Waals surface area contributed by atoms with Gasteiger partial charge in [0.25, 0.3) is 5.58 Å². The summed E-state index contributed by atoms with van der Waals surface area (Å²) in [6, 6.07) is 22.2. The Morgan fingerprint density at radius 3 is 2.57 bits per heavy atom. The number of hydrogen-bond donors (Lipinski definition) is 0. The normalized spacial score (nSPS) is 14.1. The molecular formula is C26H21NO. The largest absolute Gasteiger partial charge is 0.352 e. The van der Waals surface area contributed by atoms with E-state index in [4.69, 9.17) is 4.42 Å². The summed E-state index contributed by atoms with van der Waals surface area (Å²) in [7, 11) is 0. The van der Waals surface area contributed by atoms with Crippen molar-refractivity contribution in [3.8, 4) is 11.1 Å². The van der Waals surface area contributed by atoms with Crippen LogP contribution in [-0.2, 0) is 0 Å². The summed E-state index contributed by atoms with van der Waals surface area (Å²) in [5.41, 5.74) is 7.60. The van der Waals surface area contributed by atoms with Crippen LogP contribution in [0.3, 0.4) is 0 Å². The molecule has 0 atom stereocenters. The van der Waals surface area contributed by atoms with Crippen LogP contribution >= 0.6 is 0 Å². The first-order chi connectivity index (χ1) is 13.6. The highest BCUT2D eigenvalue weighted by molar-refractivity contribution is 6.10. The summed E-state index contributed by atoms with van der Waals surface area (Å²) < 4.78 is 8.47. The average Bonchev–Trinajstić information content (AvgIpc) is 3.09. The van der Waals surface area contributed by atoms with Crippen molar-refractivity contribution in [2.24, 2.45) is 0 Å². The molecule has 136 valence electrons. The van der Waals surface area contributed by atoms with Crippen molar-refractivity contribution in [2.45, 2.75) is 13.8 Å². The molecule has 0 aliphatic carbocycles. The molecule has 5 rings (SSSR count). The third kappa shape index (κ3) is 2.49. The van der Waals surface area contributed by atoms with Crippen LogP contribution in [0.15, 0.2) is 89.0 Å². The lowest BCUT2D eigenvalue weighted by Crippen LogP contribution is -2.15. The quantitative estimate of drug-likeness (QED) is 0.221. The first-order valence-electron chi connectivity index (χ1n) is 9.47. The van der Waals surface area contributed by atoms with Crippen LogP contribution in [0.4, 0.5) is 0 Å². The zero-order chi connectivity index (χ0) is 19.3. The Morgan fingerprint density at radius 2 is 1.75 bits per heavy atom. The number of hydrogen-bond acceptors (Lipinski definition) is 0. The van der Waals surface area contributed by atoms with Gasteiger partial charge >= 0.3 is 5.58 Å². The van der Waals surface area contributed by atoms with Crippen molar-refractivity contribution in [1.29, 1.82) is 0 Å². The standard InChI is InChI=1S/C26H21NO/c1-17-14-15-27(3)23(16-17)24-18(2)12-13-22-21-11-7-10-20(25(21)28-26(22)24)19-8-5-4-6-9-19/h4-16H,3H2,1-2H3. The van der Waals surface area contributed by atoms with Gasteiger partial charge in [0.05, 0.1) is 23.2 Å². The third-order valence-electron chi connectivity index (χ3n) is 5.41. The maximum Gasteiger partial charge on any atom is 0.352 e. The number of aryl methyl sites for hydroxylation is 1. The van der Waals surface area contributed by atoms with Crippen molar-refractivity contribution >= 4 is 28.7 Å². The van der Waals surface area contributed by atoms with Crippen LogP contribution in [0.2, 0.25) is 0 Å². The second kappa shape index (κ2) is 6.28. The Morgan fingerprint density at radius 1 is 0.929 bits per heavy atom. The van der Waals surface area contributed by atoms with Gasteiger partial charge in [0.15, 0.2) is 0 Å². The monoisotopic (exact) mass is 363 g/mol. The minimum atomic E-state index is 0.918. The molecule has 4 aromatic rings. The lowest BCUT2D eigenvalue weighted by molar-refractivity contribution is -0.417. The highest BCUT2D eigenvalue weighted by atomic mass is 16.3. The molecule has 0 amide bonds. The maximum atomic E-state index is 6.56. The molecule has 0 fully saturated rings. The number of furan rings is 1. The molecule has 0 N–H and O–H groups in total. The lowest BCUT2D eigenvalue weighted by Gasteiger charge is -2.24. The van der Waals surface area contributed by atoms with Gasteiger partial charge in [-0.3, -0.25) is 4.42 Å². The SMILES string of the molecule is C=[N+]1C=CC(C)=C[C-]1c1c(C)ccc2c3cccc(-c4ccccc4)c3[o+][c-]12. The third-order valence-corrected chi connectivity index (χ3v) is 5.41. The van der Waals surface area contributed by atoms with Gasteiger partial charge in [-0.1, -0.05) is 56.3 Å². The molecular weight excluding hydrogens is 342 g/mol. The fourth-order valence-electron chi connectivity index (χ4n) is 3.97. The molecule has 1 aromatic heterocycles. The van der Waals surface area contributed by atoms with E-state index in [9.17, 15) is 0 Å². The molecule has 0 spiro atoms. The lowest BCUT2D eigenvalue weighted by atomic mass is 9.94. The summed E-state index contributed by atoms with van der Waals surface area (Å²) in [5.74, 6) is 0. The van der Waals surface area contributed by atoms with E-state index in [1.807, 2.05) is 16.8 Å². The predicted molar refractivity (Wildman–Crippen MR) is 117 cm³/mol. The van der Waals surface area contributed by atoms with Gasteiger partial charge < -0.3 is 4.58 Å². The van der Waals surface area contributed by atoms with E-state index in [0.717, 1.165) is 44.7 Å². The molecule has 1 aliphatic rings. The second-order valence-corrected chi connectivity index (χ2v) is 7.34. The summed E-state index contributed by atoms with van der Waals surface area (Å²) in [6.45, 7) is 8.41. The van der Waals surface area contributed by atoms with Gasteiger partial charge in [-0.15, -0.1) is 29.4 Å². The summed E-state index contributed by atoms with van der Waals surface area (Å²) in [5, 5.41) is 2.27. The van der Waals surface area contributed by atoms with Crippen molar-refractivity contribution < 1.29 is 8.99 Å². The number of rotatable bonds is 2. The minimum Gasteiger partial charge on any atom is -0.336 e. The molecule has 3 aromatic carbocycles. The van der Waals surface area contributed by atoms with Crippen LogP contribution in [-0.4, -0.2) is 11.3 Å². The molecule has 2 heteroatoms. The van der Waals surface area contributed by atoms with Crippen LogP contribution in [0.5, 0.6) is 0 Å². The molecule has 0 saturated carbocycles. The van der Waals surface area contributed by atoms with Crippen molar-refractivity contribution in [3.05, 3.63) is 102 Å². The van der Waals surface area contributed by atoms with Crippen molar-refractivity contribution in [1.82, 2.24) is 0 Å². The molecule has 2 heterocycles. The van der Waals surface area contributed by atoms with Crippen LogP contribution < -0.4 is 0 Å². The van der Waals surface area contributed by atoms with Gasteiger partial charge in [-0.2, -0.15) is 0 Å². The fraction of sp³-hybridized carbons (Fsp3) is 0.0769. The first kappa shape index (κ1) is 16.6. The Labute approximate surface area is 164 Å². The average molecular weight is 363 g/mol. The minimum absolute atomic E-state index is 0.918. The molecule has 0 saturated heterocycles. The molecule has 2 nitrogen and oxygen atoms in total. The molecule has 28 heavy (non-hydrogen) atoms. The zero-order valence-electron chi connectivity index (χ0n) is 16.1.